The van der Waals surface area contributed by atoms with Crippen molar-refractivity contribution in [3.8, 4) is 0 Å². The average molecular weight is 237 g/mol. The van der Waals surface area contributed by atoms with Gasteiger partial charge in [0.15, 0.2) is 0 Å². The third-order valence-electron chi connectivity index (χ3n) is 3.23. The standard InChI is InChI=1S/C11H19N5O/c1-9-8-12-3-2-10(9)11(17)13-4-6-16-7-5-14-15-16/h5,7,9-10,12H,2-4,6,8H2,1H3,(H,13,17). The molecule has 1 aliphatic heterocycles. The molecule has 2 atom stereocenters. The predicted molar refractivity (Wildman–Crippen MR) is 63.2 cm³/mol. The smallest absolute Gasteiger partial charge is 0.223 e. The molecule has 1 saturated heterocycles. The summed E-state index contributed by atoms with van der Waals surface area (Å²) in [4.78, 5) is 12.0. The second kappa shape index (κ2) is 5.77. The molecule has 1 fully saturated rings. The number of rotatable bonds is 4. The van der Waals surface area contributed by atoms with Crippen LogP contribution in [0.5, 0.6) is 0 Å². The van der Waals surface area contributed by atoms with Crippen molar-refractivity contribution in [3.63, 3.8) is 0 Å². The SMILES string of the molecule is CC1CNCCC1C(=O)NCCn1ccnn1. The molecular weight excluding hydrogens is 218 g/mol. The number of nitrogens with one attached hydrogen (secondary N) is 2. The van der Waals surface area contributed by atoms with Gasteiger partial charge >= 0.3 is 0 Å². The Morgan fingerprint density at radius 1 is 1.65 bits per heavy atom. The maximum absolute atomic E-state index is 12.0. The molecule has 0 aromatic carbocycles. The number of amides is 1. The van der Waals surface area contributed by atoms with Gasteiger partial charge in [0.1, 0.15) is 0 Å². The molecular formula is C11H19N5O. The van der Waals surface area contributed by atoms with Gasteiger partial charge in [-0.2, -0.15) is 0 Å². The van der Waals surface area contributed by atoms with Crippen molar-refractivity contribution < 1.29 is 4.79 Å². The van der Waals surface area contributed by atoms with Crippen LogP contribution in [0.3, 0.4) is 0 Å². The van der Waals surface area contributed by atoms with Crippen molar-refractivity contribution in [1.82, 2.24) is 25.6 Å². The van der Waals surface area contributed by atoms with E-state index in [4.69, 9.17) is 0 Å². The molecule has 2 rings (SSSR count). The number of nitrogens with zero attached hydrogens (tertiary/aromatic N) is 3. The van der Waals surface area contributed by atoms with E-state index in [2.05, 4.69) is 27.9 Å². The molecule has 94 valence electrons. The van der Waals surface area contributed by atoms with Crippen molar-refractivity contribution in [2.24, 2.45) is 11.8 Å². The minimum Gasteiger partial charge on any atom is -0.354 e. The van der Waals surface area contributed by atoms with Crippen LogP contribution in [0.25, 0.3) is 0 Å². The highest BCUT2D eigenvalue weighted by atomic mass is 16.1. The van der Waals surface area contributed by atoms with Crippen LogP contribution in [0, 0.1) is 11.8 Å². The van der Waals surface area contributed by atoms with Crippen molar-refractivity contribution in [3.05, 3.63) is 12.4 Å². The molecule has 6 nitrogen and oxygen atoms in total. The van der Waals surface area contributed by atoms with Crippen molar-refractivity contribution in [2.45, 2.75) is 19.9 Å². The third kappa shape index (κ3) is 3.26. The maximum atomic E-state index is 12.0. The Balaban J connectivity index is 1.73. The van der Waals surface area contributed by atoms with Crippen LogP contribution in [0.2, 0.25) is 0 Å². The molecule has 1 aromatic heterocycles. The van der Waals surface area contributed by atoms with Crippen LogP contribution >= 0.6 is 0 Å². The molecule has 1 aliphatic rings. The number of carbonyl (C=O) groups is 1. The molecule has 2 unspecified atom stereocenters. The number of piperidine rings is 1. The van der Waals surface area contributed by atoms with Crippen LogP contribution in [0.1, 0.15) is 13.3 Å². The molecule has 0 saturated carbocycles. The fraction of sp³-hybridized carbons (Fsp3) is 0.727. The van der Waals surface area contributed by atoms with Crippen LogP contribution in [0.15, 0.2) is 12.4 Å². The van der Waals surface area contributed by atoms with E-state index in [1.54, 1.807) is 17.1 Å². The number of hydrogen-bond acceptors (Lipinski definition) is 4. The Morgan fingerprint density at radius 2 is 2.53 bits per heavy atom. The van der Waals surface area contributed by atoms with Crippen LogP contribution < -0.4 is 10.6 Å². The molecule has 2 heterocycles. The highest BCUT2D eigenvalue weighted by Crippen LogP contribution is 2.18. The number of hydrogen-bond donors (Lipinski definition) is 2. The lowest BCUT2D eigenvalue weighted by molar-refractivity contribution is -0.127. The minimum absolute atomic E-state index is 0.145. The van der Waals surface area contributed by atoms with E-state index >= 15 is 0 Å². The van der Waals surface area contributed by atoms with Gasteiger partial charge in [0.25, 0.3) is 0 Å². The Labute approximate surface area is 101 Å². The summed E-state index contributed by atoms with van der Waals surface area (Å²) in [5, 5.41) is 13.8. The first kappa shape index (κ1) is 12.0. The zero-order valence-electron chi connectivity index (χ0n) is 10.1. The predicted octanol–water partition coefficient (Wildman–Crippen LogP) is -0.360. The van der Waals surface area contributed by atoms with Gasteiger partial charge in [0.2, 0.25) is 5.91 Å². The first-order chi connectivity index (χ1) is 8.27. The molecule has 0 spiro atoms. The van der Waals surface area contributed by atoms with E-state index in [1.807, 2.05) is 0 Å². The Kier molecular flexibility index (Phi) is 4.08. The lowest BCUT2D eigenvalue weighted by Crippen LogP contribution is -2.44. The minimum atomic E-state index is 0.145. The van der Waals surface area contributed by atoms with Gasteiger partial charge in [-0.25, -0.2) is 0 Å². The second-order valence-corrected chi connectivity index (χ2v) is 4.53. The van der Waals surface area contributed by atoms with Gasteiger partial charge in [-0.05, 0) is 25.4 Å². The van der Waals surface area contributed by atoms with Gasteiger partial charge in [0, 0.05) is 18.7 Å². The fourth-order valence-electron chi connectivity index (χ4n) is 2.18. The van der Waals surface area contributed by atoms with Crippen molar-refractivity contribution >= 4 is 5.91 Å². The first-order valence-corrected chi connectivity index (χ1v) is 6.10. The maximum Gasteiger partial charge on any atom is 0.223 e. The van der Waals surface area contributed by atoms with E-state index in [-0.39, 0.29) is 11.8 Å². The fourth-order valence-corrected chi connectivity index (χ4v) is 2.18. The largest absolute Gasteiger partial charge is 0.354 e. The van der Waals surface area contributed by atoms with Crippen molar-refractivity contribution in [1.29, 1.82) is 0 Å². The molecule has 1 amide bonds. The van der Waals surface area contributed by atoms with Crippen molar-refractivity contribution in [2.75, 3.05) is 19.6 Å². The zero-order valence-corrected chi connectivity index (χ0v) is 10.1. The van der Waals surface area contributed by atoms with E-state index in [0.29, 0.717) is 19.0 Å². The van der Waals surface area contributed by atoms with Crippen LogP contribution in [-0.2, 0) is 11.3 Å². The van der Waals surface area contributed by atoms with Gasteiger partial charge in [-0.1, -0.05) is 12.1 Å². The zero-order chi connectivity index (χ0) is 12.1. The summed E-state index contributed by atoms with van der Waals surface area (Å²) in [6.07, 6.45) is 4.35. The Hall–Kier alpha value is -1.43. The molecule has 0 aliphatic carbocycles. The number of carbonyl (C=O) groups excluding carboxylic acids is 1. The molecule has 2 N–H and O–H groups in total. The summed E-state index contributed by atoms with van der Waals surface area (Å²) in [6, 6.07) is 0. The average Bonchev–Trinajstić information content (AvgIpc) is 2.82. The Morgan fingerprint density at radius 3 is 3.24 bits per heavy atom. The van der Waals surface area contributed by atoms with Gasteiger partial charge < -0.3 is 10.6 Å². The van der Waals surface area contributed by atoms with Gasteiger partial charge in [-0.15, -0.1) is 5.10 Å². The molecule has 17 heavy (non-hydrogen) atoms. The summed E-state index contributed by atoms with van der Waals surface area (Å²) in [5.74, 6) is 0.723. The first-order valence-electron chi connectivity index (χ1n) is 6.10. The molecule has 1 aromatic rings. The molecule has 6 heteroatoms. The second-order valence-electron chi connectivity index (χ2n) is 4.53. The van der Waals surface area contributed by atoms with Gasteiger partial charge in [-0.3, -0.25) is 9.48 Å². The highest BCUT2D eigenvalue weighted by Gasteiger charge is 2.27. The quantitative estimate of drug-likeness (QED) is 0.750. The lowest BCUT2D eigenvalue weighted by Gasteiger charge is -2.28. The Bertz CT molecular complexity index is 351. The number of aromatic nitrogens is 3. The topological polar surface area (TPSA) is 71.8 Å². The summed E-state index contributed by atoms with van der Waals surface area (Å²) < 4.78 is 1.71. The summed E-state index contributed by atoms with van der Waals surface area (Å²) >= 11 is 0. The van der Waals surface area contributed by atoms with E-state index < -0.39 is 0 Å². The van der Waals surface area contributed by atoms with E-state index in [0.717, 1.165) is 19.5 Å². The van der Waals surface area contributed by atoms with Crippen LogP contribution in [-0.4, -0.2) is 40.5 Å². The van der Waals surface area contributed by atoms with Gasteiger partial charge in [0.05, 0.1) is 12.7 Å². The normalized spacial score (nSPS) is 24.5. The molecule has 0 radical (unpaired) electrons. The van der Waals surface area contributed by atoms with Crippen LogP contribution in [0.4, 0.5) is 0 Å². The lowest BCUT2D eigenvalue weighted by atomic mass is 9.87. The monoisotopic (exact) mass is 237 g/mol. The summed E-state index contributed by atoms with van der Waals surface area (Å²) in [5.41, 5.74) is 0. The summed E-state index contributed by atoms with van der Waals surface area (Å²) in [7, 11) is 0. The highest BCUT2D eigenvalue weighted by molar-refractivity contribution is 5.79. The van der Waals surface area contributed by atoms with E-state index in [1.165, 1.54) is 0 Å². The third-order valence-corrected chi connectivity index (χ3v) is 3.23. The molecule has 0 bridgehead atoms. The van der Waals surface area contributed by atoms with E-state index in [9.17, 15) is 4.79 Å². The summed E-state index contributed by atoms with van der Waals surface area (Å²) in [6.45, 7) is 5.27.